The molecule has 0 amide bonds. The average molecular weight is 394 g/mol. The normalized spacial score (nSPS) is 15.5. The molecule has 0 atom stereocenters. The molecule has 0 unspecified atom stereocenters. The van der Waals surface area contributed by atoms with Gasteiger partial charge in [-0.15, -0.1) is 0 Å². The van der Waals surface area contributed by atoms with Crippen molar-refractivity contribution in [2.75, 3.05) is 18.0 Å². The summed E-state index contributed by atoms with van der Waals surface area (Å²) in [6.45, 7) is 1.76. The highest BCUT2D eigenvalue weighted by Crippen LogP contribution is 2.28. The van der Waals surface area contributed by atoms with Gasteiger partial charge in [0, 0.05) is 23.6 Å². The van der Waals surface area contributed by atoms with Crippen LogP contribution >= 0.6 is 15.9 Å². The van der Waals surface area contributed by atoms with Gasteiger partial charge in [0.15, 0.2) is 5.49 Å². The first-order valence-electron chi connectivity index (χ1n) is 7.57. The van der Waals surface area contributed by atoms with Crippen LogP contribution in [-0.2, 0) is 0 Å². The van der Waals surface area contributed by atoms with E-state index >= 15 is 0 Å². The van der Waals surface area contributed by atoms with Crippen molar-refractivity contribution in [2.24, 2.45) is 4.99 Å². The molecular weight excluding hydrogens is 378 g/mol. The second-order valence-electron chi connectivity index (χ2n) is 5.48. The number of nitrogens with zero attached hydrogens (tertiary/aromatic N) is 5. The van der Waals surface area contributed by atoms with Crippen LogP contribution in [0, 0.1) is 10.1 Å². The number of nitro groups is 1. The smallest absolute Gasteiger partial charge is 0.313 e. The van der Waals surface area contributed by atoms with Gasteiger partial charge in [-0.3, -0.25) is 10.1 Å². The maximum atomic E-state index is 11.3. The number of anilines is 1. The molecule has 2 aromatic rings. The molecule has 1 saturated heterocycles. The summed E-state index contributed by atoms with van der Waals surface area (Å²) in [5.74, 6) is 0.647. The lowest BCUT2D eigenvalue weighted by molar-refractivity contribution is -0.384. The van der Waals surface area contributed by atoms with Crippen molar-refractivity contribution >= 4 is 33.3 Å². The van der Waals surface area contributed by atoms with Crippen molar-refractivity contribution in [2.45, 2.75) is 19.3 Å². The van der Waals surface area contributed by atoms with Gasteiger partial charge >= 0.3 is 5.69 Å². The first kappa shape index (κ1) is 16.4. The van der Waals surface area contributed by atoms with Gasteiger partial charge < -0.3 is 10.1 Å². The largest absolute Gasteiger partial charge is 0.427 e. The SMILES string of the molecule is O=[N+]([O-])c1ccc(N2CCCCC2)nc1N=c1ccc(Br)cn1O. The van der Waals surface area contributed by atoms with Gasteiger partial charge in [0.1, 0.15) is 5.82 Å². The van der Waals surface area contributed by atoms with Crippen LogP contribution in [-0.4, -0.2) is 32.9 Å². The van der Waals surface area contributed by atoms with Crippen molar-refractivity contribution in [3.63, 3.8) is 0 Å². The zero-order chi connectivity index (χ0) is 17.1. The zero-order valence-corrected chi connectivity index (χ0v) is 14.4. The molecule has 0 spiro atoms. The van der Waals surface area contributed by atoms with Crippen molar-refractivity contribution in [3.8, 4) is 0 Å². The minimum absolute atomic E-state index is 0.0202. The number of aromatic nitrogens is 2. The molecule has 3 heterocycles. The number of rotatable bonds is 3. The summed E-state index contributed by atoms with van der Waals surface area (Å²) in [5, 5.41) is 21.1. The standard InChI is InChI=1S/C15H16BrN5O3/c16-11-4-6-14(20(22)10-11)18-15-12(21(23)24)5-7-13(17-15)19-8-2-1-3-9-19/h4-7,10,22H,1-3,8-9H2. The fraction of sp³-hybridized carbons (Fsp3) is 0.333. The number of pyridine rings is 2. The molecule has 0 radical (unpaired) electrons. The maximum absolute atomic E-state index is 11.3. The molecule has 24 heavy (non-hydrogen) atoms. The van der Waals surface area contributed by atoms with E-state index in [4.69, 9.17) is 0 Å². The summed E-state index contributed by atoms with van der Waals surface area (Å²) < 4.78 is 1.46. The Labute approximate surface area is 146 Å². The topological polar surface area (TPSA) is 96.8 Å². The molecule has 3 rings (SSSR count). The second kappa shape index (κ2) is 7.00. The summed E-state index contributed by atoms with van der Waals surface area (Å²) in [6, 6.07) is 6.29. The van der Waals surface area contributed by atoms with Gasteiger partial charge in [-0.25, -0.2) is 9.98 Å². The van der Waals surface area contributed by atoms with E-state index in [0.717, 1.165) is 30.7 Å². The Hall–Kier alpha value is -2.42. The Balaban J connectivity index is 2.08. The number of halogens is 1. The van der Waals surface area contributed by atoms with Crippen molar-refractivity contribution < 1.29 is 10.1 Å². The van der Waals surface area contributed by atoms with Crippen LogP contribution in [0.5, 0.6) is 0 Å². The molecule has 126 valence electrons. The number of hydrogen-bond donors (Lipinski definition) is 1. The van der Waals surface area contributed by atoms with E-state index in [1.165, 1.54) is 18.7 Å². The van der Waals surface area contributed by atoms with Gasteiger partial charge in [0.25, 0.3) is 0 Å². The third-order valence-electron chi connectivity index (χ3n) is 3.81. The van der Waals surface area contributed by atoms with E-state index < -0.39 is 4.92 Å². The van der Waals surface area contributed by atoms with Crippen LogP contribution in [0.1, 0.15) is 19.3 Å². The van der Waals surface area contributed by atoms with Crippen LogP contribution in [0.3, 0.4) is 0 Å². The van der Waals surface area contributed by atoms with Crippen molar-refractivity contribution in [3.05, 3.63) is 50.5 Å². The molecule has 1 aliphatic heterocycles. The van der Waals surface area contributed by atoms with Gasteiger partial charge in [-0.05, 0) is 53.4 Å². The Kier molecular flexibility index (Phi) is 4.79. The van der Waals surface area contributed by atoms with Crippen LogP contribution in [0.2, 0.25) is 0 Å². The molecule has 2 aromatic heterocycles. The Morgan fingerprint density at radius 1 is 1.21 bits per heavy atom. The highest BCUT2D eigenvalue weighted by atomic mass is 79.9. The molecule has 0 aromatic carbocycles. The van der Waals surface area contributed by atoms with E-state index in [1.807, 2.05) is 0 Å². The van der Waals surface area contributed by atoms with Crippen LogP contribution < -0.4 is 10.4 Å². The summed E-state index contributed by atoms with van der Waals surface area (Å²) in [4.78, 5) is 21.4. The van der Waals surface area contributed by atoms with E-state index in [2.05, 4.69) is 30.8 Å². The number of hydrogen-bond acceptors (Lipinski definition) is 6. The van der Waals surface area contributed by atoms with Gasteiger partial charge in [0.05, 0.1) is 11.1 Å². The Morgan fingerprint density at radius 2 is 1.96 bits per heavy atom. The summed E-state index contributed by atoms with van der Waals surface area (Å²) >= 11 is 3.23. The fourth-order valence-corrected chi connectivity index (χ4v) is 2.93. The highest BCUT2D eigenvalue weighted by Gasteiger charge is 2.19. The monoisotopic (exact) mass is 393 g/mol. The second-order valence-corrected chi connectivity index (χ2v) is 6.39. The first-order valence-corrected chi connectivity index (χ1v) is 8.36. The van der Waals surface area contributed by atoms with Gasteiger partial charge in [-0.2, -0.15) is 4.73 Å². The predicted octanol–water partition coefficient (Wildman–Crippen LogP) is 3.01. The Bertz CT molecular complexity index is 830. The van der Waals surface area contributed by atoms with Crippen molar-refractivity contribution in [1.82, 2.24) is 9.71 Å². The first-order chi connectivity index (χ1) is 11.5. The molecule has 8 nitrogen and oxygen atoms in total. The van der Waals surface area contributed by atoms with Crippen LogP contribution in [0.15, 0.2) is 39.9 Å². The highest BCUT2D eigenvalue weighted by molar-refractivity contribution is 9.10. The van der Waals surface area contributed by atoms with E-state index in [9.17, 15) is 15.3 Å². The molecule has 1 aliphatic rings. The fourth-order valence-electron chi connectivity index (χ4n) is 2.61. The molecule has 1 N–H and O–H groups in total. The molecular formula is C15H16BrN5O3. The van der Waals surface area contributed by atoms with Gasteiger partial charge in [-0.1, -0.05) is 0 Å². The summed E-state index contributed by atoms with van der Waals surface area (Å²) in [7, 11) is 0. The summed E-state index contributed by atoms with van der Waals surface area (Å²) in [6.07, 6.45) is 4.74. The lowest BCUT2D eigenvalue weighted by Crippen LogP contribution is -2.30. The van der Waals surface area contributed by atoms with Crippen molar-refractivity contribution in [1.29, 1.82) is 0 Å². The van der Waals surface area contributed by atoms with Crippen LogP contribution in [0.25, 0.3) is 0 Å². The quantitative estimate of drug-likeness (QED) is 0.491. The van der Waals surface area contributed by atoms with Crippen LogP contribution in [0.4, 0.5) is 17.3 Å². The Morgan fingerprint density at radius 3 is 2.62 bits per heavy atom. The molecule has 0 saturated carbocycles. The minimum atomic E-state index is -0.521. The average Bonchev–Trinajstić information content (AvgIpc) is 2.58. The molecule has 9 heteroatoms. The van der Waals surface area contributed by atoms with E-state index in [-0.39, 0.29) is 17.0 Å². The third-order valence-corrected chi connectivity index (χ3v) is 4.28. The number of piperidine rings is 1. The lowest BCUT2D eigenvalue weighted by Gasteiger charge is -2.27. The third kappa shape index (κ3) is 3.56. The summed E-state index contributed by atoms with van der Waals surface area (Å²) in [5.41, 5.74) is -0.0386. The molecule has 1 fully saturated rings. The van der Waals surface area contributed by atoms with E-state index in [1.54, 1.807) is 18.2 Å². The zero-order valence-electron chi connectivity index (χ0n) is 12.8. The van der Waals surface area contributed by atoms with Gasteiger partial charge in [0.2, 0.25) is 5.82 Å². The lowest BCUT2D eigenvalue weighted by atomic mass is 10.1. The maximum Gasteiger partial charge on any atom is 0.313 e. The predicted molar refractivity (Wildman–Crippen MR) is 91.5 cm³/mol. The van der Waals surface area contributed by atoms with E-state index in [0.29, 0.717) is 10.3 Å². The minimum Gasteiger partial charge on any atom is -0.427 e. The molecule has 0 aliphatic carbocycles. The molecule has 0 bridgehead atoms.